The molecule has 1 aliphatic carbocycles. The van der Waals surface area contributed by atoms with Crippen LogP contribution in [0, 0.1) is 20.8 Å². The van der Waals surface area contributed by atoms with Crippen LogP contribution in [-0.4, -0.2) is 19.7 Å². The van der Waals surface area contributed by atoms with Gasteiger partial charge in [-0.1, -0.05) is 0 Å². The van der Waals surface area contributed by atoms with E-state index >= 15 is 0 Å². The fraction of sp³-hybridized carbons (Fsp3) is 0.462. The van der Waals surface area contributed by atoms with E-state index in [0.717, 1.165) is 29.9 Å². The largest absolute Gasteiger partial charge is 0.251 e. The second kappa shape index (κ2) is 3.65. The molecule has 0 saturated heterocycles. The van der Waals surface area contributed by atoms with Gasteiger partial charge in [-0.05, 0) is 51.7 Å². The molecule has 0 aromatic carbocycles. The Morgan fingerprint density at radius 1 is 1.06 bits per heavy atom. The number of aromatic nitrogens is 4. The van der Waals surface area contributed by atoms with Crippen molar-refractivity contribution in [2.75, 3.05) is 0 Å². The van der Waals surface area contributed by atoms with E-state index in [0.29, 0.717) is 5.95 Å². The zero-order valence-electron chi connectivity index (χ0n) is 10.5. The molecular weight excluding hydrogens is 212 g/mol. The van der Waals surface area contributed by atoms with Gasteiger partial charge in [0.15, 0.2) is 0 Å². The fourth-order valence-electron chi connectivity index (χ4n) is 2.59. The normalized spacial score (nSPS) is 14.1. The molecule has 0 fully saturated rings. The topological polar surface area (TPSA) is 43.6 Å². The predicted octanol–water partition coefficient (Wildman–Crippen LogP) is 2.08. The molecule has 0 aliphatic heterocycles. The number of hydrogen-bond donors (Lipinski definition) is 0. The van der Waals surface area contributed by atoms with Gasteiger partial charge in [-0.2, -0.15) is 5.10 Å². The van der Waals surface area contributed by atoms with Crippen LogP contribution in [0.2, 0.25) is 0 Å². The van der Waals surface area contributed by atoms with Crippen LogP contribution in [0.4, 0.5) is 0 Å². The molecule has 2 aromatic rings. The summed E-state index contributed by atoms with van der Waals surface area (Å²) in [6.07, 6.45) is 3.46. The molecule has 0 amide bonds. The molecule has 17 heavy (non-hydrogen) atoms. The van der Waals surface area contributed by atoms with E-state index in [9.17, 15) is 0 Å². The summed E-state index contributed by atoms with van der Waals surface area (Å²) in [6, 6.07) is 1.99. The van der Waals surface area contributed by atoms with Crippen LogP contribution in [0.1, 0.15) is 34.8 Å². The number of hydrogen-bond acceptors (Lipinski definition) is 3. The molecule has 88 valence electrons. The van der Waals surface area contributed by atoms with Crippen molar-refractivity contribution in [3.05, 3.63) is 34.4 Å². The Morgan fingerprint density at radius 3 is 2.47 bits per heavy atom. The SMILES string of the molecule is Cc1cc(C)nc(-n2nc(C)c3c2CCC3)n1. The average Bonchev–Trinajstić information content (AvgIpc) is 2.81. The third kappa shape index (κ3) is 1.64. The van der Waals surface area contributed by atoms with Crippen molar-refractivity contribution in [3.8, 4) is 5.95 Å². The minimum absolute atomic E-state index is 0.716. The summed E-state index contributed by atoms with van der Waals surface area (Å²) in [4.78, 5) is 8.97. The highest BCUT2D eigenvalue weighted by Gasteiger charge is 2.22. The number of aryl methyl sites for hydroxylation is 3. The lowest BCUT2D eigenvalue weighted by molar-refractivity contribution is 0.728. The van der Waals surface area contributed by atoms with Crippen LogP contribution in [0.5, 0.6) is 0 Å². The molecule has 0 N–H and O–H groups in total. The van der Waals surface area contributed by atoms with Crippen LogP contribution in [0.3, 0.4) is 0 Å². The van der Waals surface area contributed by atoms with Gasteiger partial charge in [0.1, 0.15) is 0 Å². The third-order valence-corrected chi connectivity index (χ3v) is 3.29. The van der Waals surface area contributed by atoms with Crippen LogP contribution >= 0.6 is 0 Å². The van der Waals surface area contributed by atoms with Gasteiger partial charge in [-0.15, -0.1) is 0 Å². The summed E-state index contributed by atoms with van der Waals surface area (Å²) in [5.41, 5.74) is 5.81. The Hall–Kier alpha value is -1.71. The van der Waals surface area contributed by atoms with Gasteiger partial charge >= 0.3 is 0 Å². The highest BCUT2D eigenvalue weighted by atomic mass is 15.4. The Morgan fingerprint density at radius 2 is 1.76 bits per heavy atom. The molecule has 0 atom stereocenters. The minimum Gasteiger partial charge on any atom is -0.216 e. The Kier molecular flexibility index (Phi) is 2.24. The first-order valence-corrected chi connectivity index (χ1v) is 6.05. The summed E-state index contributed by atoms with van der Waals surface area (Å²) in [6.45, 7) is 6.06. The summed E-state index contributed by atoms with van der Waals surface area (Å²) in [7, 11) is 0. The zero-order valence-corrected chi connectivity index (χ0v) is 10.5. The molecule has 0 saturated carbocycles. The maximum Gasteiger partial charge on any atom is 0.251 e. The minimum atomic E-state index is 0.716. The van der Waals surface area contributed by atoms with Gasteiger partial charge in [0, 0.05) is 11.4 Å². The van der Waals surface area contributed by atoms with E-state index in [1.807, 2.05) is 24.6 Å². The molecule has 0 unspecified atom stereocenters. The fourth-order valence-corrected chi connectivity index (χ4v) is 2.59. The second-order valence-electron chi connectivity index (χ2n) is 4.73. The Balaban J connectivity index is 2.18. The maximum absolute atomic E-state index is 4.58. The van der Waals surface area contributed by atoms with Gasteiger partial charge < -0.3 is 0 Å². The van der Waals surface area contributed by atoms with Crippen LogP contribution < -0.4 is 0 Å². The van der Waals surface area contributed by atoms with E-state index in [2.05, 4.69) is 22.0 Å². The first kappa shape index (κ1) is 10.4. The van der Waals surface area contributed by atoms with Gasteiger partial charge in [0.2, 0.25) is 0 Å². The standard InChI is InChI=1S/C13H16N4/c1-8-7-9(2)15-13(14-8)17-12-6-4-5-11(12)10(3)16-17/h7H,4-6H2,1-3H3. The van der Waals surface area contributed by atoms with Gasteiger partial charge in [-0.25, -0.2) is 14.6 Å². The predicted molar refractivity (Wildman–Crippen MR) is 65.4 cm³/mol. The molecule has 0 bridgehead atoms. The lowest BCUT2D eigenvalue weighted by Gasteiger charge is -2.05. The van der Waals surface area contributed by atoms with Crippen LogP contribution in [0.25, 0.3) is 5.95 Å². The molecule has 0 spiro atoms. The average molecular weight is 228 g/mol. The first-order chi connectivity index (χ1) is 8.15. The van der Waals surface area contributed by atoms with Crippen LogP contribution in [-0.2, 0) is 12.8 Å². The van der Waals surface area contributed by atoms with Gasteiger partial charge in [0.05, 0.1) is 11.4 Å². The molecular formula is C13H16N4. The number of rotatable bonds is 1. The van der Waals surface area contributed by atoms with Crippen molar-refractivity contribution in [2.45, 2.75) is 40.0 Å². The van der Waals surface area contributed by atoms with Crippen LogP contribution in [0.15, 0.2) is 6.07 Å². The summed E-state index contributed by atoms with van der Waals surface area (Å²) in [5.74, 6) is 0.716. The Bertz CT molecular complexity index is 563. The molecule has 0 radical (unpaired) electrons. The second-order valence-corrected chi connectivity index (χ2v) is 4.73. The highest BCUT2D eigenvalue weighted by molar-refractivity contribution is 5.34. The molecule has 2 aromatic heterocycles. The van der Waals surface area contributed by atoms with Crippen molar-refractivity contribution < 1.29 is 0 Å². The first-order valence-electron chi connectivity index (χ1n) is 6.05. The molecule has 1 aliphatic rings. The quantitative estimate of drug-likeness (QED) is 0.750. The molecule has 4 nitrogen and oxygen atoms in total. The zero-order chi connectivity index (χ0) is 12.0. The molecule has 2 heterocycles. The number of fused-ring (bicyclic) bond motifs is 1. The summed E-state index contributed by atoms with van der Waals surface area (Å²) >= 11 is 0. The van der Waals surface area contributed by atoms with Gasteiger partial charge in [0.25, 0.3) is 5.95 Å². The van der Waals surface area contributed by atoms with Crippen molar-refractivity contribution in [2.24, 2.45) is 0 Å². The summed E-state index contributed by atoms with van der Waals surface area (Å²) in [5, 5.41) is 4.58. The van der Waals surface area contributed by atoms with Crippen molar-refractivity contribution in [3.63, 3.8) is 0 Å². The van der Waals surface area contributed by atoms with Crippen molar-refractivity contribution in [1.29, 1.82) is 0 Å². The van der Waals surface area contributed by atoms with E-state index in [1.165, 1.54) is 17.7 Å². The van der Waals surface area contributed by atoms with E-state index in [1.54, 1.807) is 0 Å². The highest BCUT2D eigenvalue weighted by Crippen LogP contribution is 2.26. The lowest BCUT2D eigenvalue weighted by Crippen LogP contribution is -2.08. The molecule has 4 heteroatoms. The monoisotopic (exact) mass is 228 g/mol. The third-order valence-electron chi connectivity index (χ3n) is 3.29. The van der Waals surface area contributed by atoms with E-state index < -0.39 is 0 Å². The van der Waals surface area contributed by atoms with E-state index in [4.69, 9.17) is 0 Å². The molecule has 3 rings (SSSR count). The van der Waals surface area contributed by atoms with Crippen molar-refractivity contribution in [1.82, 2.24) is 19.7 Å². The van der Waals surface area contributed by atoms with E-state index in [-0.39, 0.29) is 0 Å². The summed E-state index contributed by atoms with van der Waals surface area (Å²) < 4.78 is 1.93. The van der Waals surface area contributed by atoms with Gasteiger partial charge in [-0.3, -0.25) is 0 Å². The number of nitrogens with zero attached hydrogens (tertiary/aromatic N) is 4. The smallest absolute Gasteiger partial charge is 0.216 e. The van der Waals surface area contributed by atoms with Crippen molar-refractivity contribution >= 4 is 0 Å². The Labute approximate surface area is 101 Å². The maximum atomic E-state index is 4.58. The lowest BCUT2D eigenvalue weighted by atomic mass is 10.2.